The molecule has 5 heteroatoms. The van der Waals surface area contributed by atoms with Crippen molar-refractivity contribution in [2.45, 2.75) is 33.6 Å². The van der Waals surface area contributed by atoms with Gasteiger partial charge in [-0.25, -0.2) is 0 Å². The quantitative estimate of drug-likeness (QED) is 0.768. The van der Waals surface area contributed by atoms with E-state index < -0.39 is 11.4 Å². The molecular weight excluding hydrogens is 232 g/mol. The molecule has 18 heavy (non-hydrogen) atoms. The van der Waals surface area contributed by atoms with Crippen molar-refractivity contribution in [2.24, 2.45) is 11.3 Å². The van der Waals surface area contributed by atoms with Crippen LogP contribution in [0.5, 0.6) is 0 Å². The maximum Gasteiger partial charge on any atom is 0.310 e. The number of likely N-dealkylation sites (tertiary alicyclic amines) is 1. The van der Waals surface area contributed by atoms with Crippen LogP contribution in [0.2, 0.25) is 0 Å². The maximum absolute atomic E-state index is 11.7. The summed E-state index contributed by atoms with van der Waals surface area (Å²) in [5, 5.41) is 12.1. The molecule has 1 heterocycles. The van der Waals surface area contributed by atoms with E-state index in [1.807, 2.05) is 18.7 Å². The van der Waals surface area contributed by atoms with Gasteiger partial charge in [-0.3, -0.25) is 14.5 Å². The first-order chi connectivity index (χ1) is 8.33. The van der Waals surface area contributed by atoms with E-state index >= 15 is 0 Å². The van der Waals surface area contributed by atoms with Crippen LogP contribution < -0.4 is 5.32 Å². The second kappa shape index (κ2) is 6.18. The van der Waals surface area contributed by atoms with Gasteiger partial charge in [0.2, 0.25) is 5.91 Å². The van der Waals surface area contributed by atoms with Crippen molar-refractivity contribution < 1.29 is 14.7 Å². The average molecular weight is 256 g/mol. The van der Waals surface area contributed by atoms with Gasteiger partial charge in [-0.2, -0.15) is 0 Å². The highest BCUT2D eigenvalue weighted by molar-refractivity contribution is 5.78. The van der Waals surface area contributed by atoms with E-state index in [0.717, 1.165) is 13.0 Å². The number of piperidine rings is 1. The molecule has 1 amide bonds. The van der Waals surface area contributed by atoms with Crippen molar-refractivity contribution in [3.63, 3.8) is 0 Å². The van der Waals surface area contributed by atoms with Gasteiger partial charge >= 0.3 is 5.97 Å². The molecule has 1 rings (SSSR count). The molecule has 0 aromatic heterocycles. The smallest absolute Gasteiger partial charge is 0.310 e. The molecule has 1 atom stereocenters. The fraction of sp³-hybridized carbons (Fsp3) is 0.846. The van der Waals surface area contributed by atoms with Crippen molar-refractivity contribution in [3.8, 4) is 0 Å². The summed E-state index contributed by atoms with van der Waals surface area (Å²) in [6, 6.07) is 0. The molecule has 0 saturated carbocycles. The predicted molar refractivity (Wildman–Crippen MR) is 69.3 cm³/mol. The van der Waals surface area contributed by atoms with E-state index in [0.29, 0.717) is 32.0 Å². The molecule has 0 aliphatic carbocycles. The van der Waals surface area contributed by atoms with E-state index in [1.165, 1.54) is 0 Å². The average Bonchev–Trinajstić information content (AvgIpc) is 2.26. The largest absolute Gasteiger partial charge is 0.481 e. The number of carbonyl (C=O) groups excluding carboxylic acids is 1. The standard InChI is InChI=1S/C13H24N2O3/c1-10(2)7-14-11(16)8-15-6-4-5-13(3,9-15)12(17)18/h10H,4-9H2,1-3H3,(H,14,16)(H,17,18). The van der Waals surface area contributed by atoms with Crippen molar-refractivity contribution in [2.75, 3.05) is 26.2 Å². The molecule has 0 spiro atoms. The summed E-state index contributed by atoms with van der Waals surface area (Å²) >= 11 is 0. The van der Waals surface area contributed by atoms with Crippen LogP contribution in [0.4, 0.5) is 0 Å². The van der Waals surface area contributed by atoms with Gasteiger partial charge in [0.1, 0.15) is 0 Å². The zero-order valence-electron chi connectivity index (χ0n) is 11.5. The highest BCUT2D eigenvalue weighted by atomic mass is 16.4. The van der Waals surface area contributed by atoms with Crippen LogP contribution >= 0.6 is 0 Å². The summed E-state index contributed by atoms with van der Waals surface area (Å²) in [5.41, 5.74) is -0.712. The van der Waals surface area contributed by atoms with Gasteiger partial charge in [0.15, 0.2) is 0 Å². The Morgan fingerprint density at radius 1 is 1.44 bits per heavy atom. The monoisotopic (exact) mass is 256 g/mol. The number of rotatable bonds is 5. The molecule has 0 bridgehead atoms. The summed E-state index contributed by atoms with van der Waals surface area (Å²) in [7, 11) is 0. The van der Waals surface area contributed by atoms with Gasteiger partial charge in [0, 0.05) is 13.1 Å². The molecule has 0 radical (unpaired) electrons. The van der Waals surface area contributed by atoms with Gasteiger partial charge in [-0.15, -0.1) is 0 Å². The molecule has 104 valence electrons. The fourth-order valence-corrected chi connectivity index (χ4v) is 2.23. The van der Waals surface area contributed by atoms with Crippen LogP contribution in [0.3, 0.4) is 0 Å². The second-order valence-corrected chi connectivity index (χ2v) is 5.88. The van der Waals surface area contributed by atoms with Crippen molar-refractivity contribution >= 4 is 11.9 Å². The first-order valence-corrected chi connectivity index (χ1v) is 6.56. The number of amides is 1. The van der Waals surface area contributed by atoms with Gasteiger partial charge in [-0.1, -0.05) is 13.8 Å². The lowest BCUT2D eigenvalue weighted by Crippen LogP contribution is -2.49. The number of carbonyl (C=O) groups is 2. The third-order valence-corrected chi connectivity index (χ3v) is 3.37. The van der Waals surface area contributed by atoms with Crippen LogP contribution in [0.1, 0.15) is 33.6 Å². The summed E-state index contributed by atoms with van der Waals surface area (Å²) in [5.74, 6) is -0.354. The predicted octanol–water partition coefficient (Wildman–Crippen LogP) is 0.945. The van der Waals surface area contributed by atoms with Gasteiger partial charge < -0.3 is 10.4 Å². The fourth-order valence-electron chi connectivity index (χ4n) is 2.23. The number of nitrogens with one attached hydrogen (secondary N) is 1. The molecule has 1 fully saturated rings. The number of carboxylic acid groups (broad SMARTS) is 1. The maximum atomic E-state index is 11.7. The highest BCUT2D eigenvalue weighted by Gasteiger charge is 2.38. The van der Waals surface area contributed by atoms with Crippen LogP contribution in [0.25, 0.3) is 0 Å². The van der Waals surface area contributed by atoms with E-state index in [2.05, 4.69) is 5.32 Å². The normalized spacial score (nSPS) is 25.1. The zero-order valence-corrected chi connectivity index (χ0v) is 11.5. The molecule has 0 aromatic rings. The Bertz CT molecular complexity index is 317. The van der Waals surface area contributed by atoms with E-state index in [4.69, 9.17) is 0 Å². The van der Waals surface area contributed by atoms with Crippen LogP contribution in [-0.4, -0.2) is 48.1 Å². The second-order valence-electron chi connectivity index (χ2n) is 5.88. The Hall–Kier alpha value is -1.10. The van der Waals surface area contributed by atoms with Crippen molar-refractivity contribution in [1.29, 1.82) is 0 Å². The molecule has 2 N–H and O–H groups in total. The molecule has 1 unspecified atom stereocenters. The van der Waals surface area contributed by atoms with Crippen molar-refractivity contribution in [3.05, 3.63) is 0 Å². The SMILES string of the molecule is CC(C)CNC(=O)CN1CCCC(C)(C(=O)O)C1. The lowest BCUT2D eigenvalue weighted by atomic mass is 9.82. The molecule has 0 aromatic carbocycles. The van der Waals surface area contributed by atoms with Crippen LogP contribution in [0.15, 0.2) is 0 Å². The minimum absolute atomic E-state index is 0.0154. The molecule has 1 aliphatic rings. The Morgan fingerprint density at radius 3 is 2.67 bits per heavy atom. The Kier molecular flexibility index (Phi) is 5.14. The van der Waals surface area contributed by atoms with E-state index in [1.54, 1.807) is 6.92 Å². The Balaban J connectivity index is 2.43. The number of carboxylic acids is 1. The Morgan fingerprint density at radius 2 is 2.11 bits per heavy atom. The number of aliphatic carboxylic acids is 1. The summed E-state index contributed by atoms with van der Waals surface area (Å²) in [4.78, 5) is 24.8. The summed E-state index contributed by atoms with van der Waals surface area (Å²) in [6.07, 6.45) is 1.52. The molecular formula is C13H24N2O3. The van der Waals surface area contributed by atoms with Crippen LogP contribution in [0, 0.1) is 11.3 Å². The van der Waals surface area contributed by atoms with Gasteiger partial charge in [0.05, 0.1) is 12.0 Å². The molecule has 5 nitrogen and oxygen atoms in total. The highest BCUT2D eigenvalue weighted by Crippen LogP contribution is 2.29. The van der Waals surface area contributed by atoms with E-state index in [9.17, 15) is 14.7 Å². The minimum Gasteiger partial charge on any atom is -0.481 e. The van der Waals surface area contributed by atoms with Gasteiger partial charge in [-0.05, 0) is 32.2 Å². The van der Waals surface area contributed by atoms with Gasteiger partial charge in [0.25, 0.3) is 0 Å². The first-order valence-electron chi connectivity index (χ1n) is 6.56. The lowest BCUT2D eigenvalue weighted by molar-refractivity contribution is -0.151. The molecule has 1 aliphatic heterocycles. The van der Waals surface area contributed by atoms with Crippen molar-refractivity contribution in [1.82, 2.24) is 10.2 Å². The number of nitrogens with zero attached hydrogens (tertiary/aromatic N) is 1. The third-order valence-electron chi connectivity index (χ3n) is 3.37. The number of hydrogen-bond donors (Lipinski definition) is 2. The lowest BCUT2D eigenvalue weighted by Gasteiger charge is -2.37. The summed E-state index contributed by atoms with van der Waals surface area (Å²) < 4.78 is 0. The zero-order chi connectivity index (χ0) is 13.8. The minimum atomic E-state index is -0.769. The Labute approximate surface area is 109 Å². The van der Waals surface area contributed by atoms with E-state index in [-0.39, 0.29) is 5.91 Å². The third kappa shape index (κ3) is 4.29. The topological polar surface area (TPSA) is 69.6 Å². The summed E-state index contributed by atoms with van der Waals surface area (Å²) in [6.45, 7) is 8.08. The molecule has 1 saturated heterocycles. The van der Waals surface area contributed by atoms with Crippen LogP contribution in [-0.2, 0) is 9.59 Å². The first kappa shape index (κ1) is 15.0. The number of hydrogen-bond acceptors (Lipinski definition) is 3.